The van der Waals surface area contributed by atoms with Crippen molar-refractivity contribution < 1.29 is 0 Å². The minimum Gasteiger partial charge on any atom is -0.242 e. The minimum atomic E-state index is 0.907. The van der Waals surface area contributed by atoms with Gasteiger partial charge in [-0.25, -0.2) is 4.99 Å². The van der Waals surface area contributed by atoms with Crippen molar-refractivity contribution >= 4 is 5.87 Å². The van der Waals surface area contributed by atoms with Gasteiger partial charge in [0.05, 0.1) is 6.54 Å². The zero-order chi connectivity index (χ0) is 8.10. The van der Waals surface area contributed by atoms with Gasteiger partial charge < -0.3 is 0 Å². The van der Waals surface area contributed by atoms with E-state index in [1.807, 2.05) is 0 Å². The molecule has 0 saturated carbocycles. The van der Waals surface area contributed by atoms with Crippen molar-refractivity contribution in [1.29, 1.82) is 0 Å². The van der Waals surface area contributed by atoms with Gasteiger partial charge >= 0.3 is 0 Å². The second-order valence-corrected chi connectivity index (χ2v) is 2.90. The quantitative estimate of drug-likeness (QED) is 0.572. The Balaban J connectivity index is 2.78. The van der Waals surface area contributed by atoms with Crippen molar-refractivity contribution in [1.82, 2.24) is 0 Å². The number of hydrogen-bond donors (Lipinski definition) is 0. The lowest BCUT2D eigenvalue weighted by molar-refractivity contribution is 0.919. The highest BCUT2D eigenvalue weighted by atomic mass is 14.7. The Morgan fingerprint density at radius 1 is 1.64 bits per heavy atom. The van der Waals surface area contributed by atoms with Crippen LogP contribution in [0, 0.1) is 0 Å². The summed E-state index contributed by atoms with van der Waals surface area (Å²) in [6.07, 6.45) is 5.63. The molecule has 1 aliphatic heterocycles. The van der Waals surface area contributed by atoms with Crippen LogP contribution in [0.25, 0.3) is 0 Å². The summed E-state index contributed by atoms with van der Waals surface area (Å²) in [4.78, 5) is 4.18. The lowest BCUT2D eigenvalue weighted by Crippen LogP contribution is -1.84. The maximum atomic E-state index is 4.18. The van der Waals surface area contributed by atoms with Gasteiger partial charge in [-0.3, -0.25) is 0 Å². The van der Waals surface area contributed by atoms with E-state index in [0.717, 1.165) is 19.4 Å². The molecular formula is C10H15N. The first kappa shape index (κ1) is 8.29. The van der Waals surface area contributed by atoms with Crippen molar-refractivity contribution in [2.45, 2.75) is 33.1 Å². The first-order chi connectivity index (χ1) is 5.34. The summed E-state index contributed by atoms with van der Waals surface area (Å²) in [6.45, 7) is 5.25. The second-order valence-electron chi connectivity index (χ2n) is 2.90. The van der Waals surface area contributed by atoms with Gasteiger partial charge in [0.1, 0.15) is 0 Å². The predicted octanol–water partition coefficient (Wildman–Crippen LogP) is 2.73. The Kier molecular flexibility index (Phi) is 3.13. The largest absolute Gasteiger partial charge is 0.242 e. The van der Waals surface area contributed by atoms with E-state index in [0.29, 0.717) is 0 Å². The molecule has 1 heteroatoms. The van der Waals surface area contributed by atoms with Crippen LogP contribution in [0.15, 0.2) is 22.2 Å². The molecule has 0 bridgehead atoms. The van der Waals surface area contributed by atoms with Gasteiger partial charge in [-0.05, 0) is 31.2 Å². The van der Waals surface area contributed by atoms with Crippen LogP contribution >= 0.6 is 0 Å². The van der Waals surface area contributed by atoms with Crippen molar-refractivity contribution in [2.24, 2.45) is 4.99 Å². The van der Waals surface area contributed by atoms with E-state index in [4.69, 9.17) is 0 Å². The molecule has 0 fully saturated rings. The van der Waals surface area contributed by atoms with E-state index in [1.54, 1.807) is 0 Å². The number of aliphatic imine (C=N–C) groups is 1. The lowest BCUT2D eigenvalue weighted by atomic mass is 10.0. The van der Waals surface area contributed by atoms with E-state index in [2.05, 4.69) is 30.8 Å². The average molecular weight is 149 g/mol. The highest BCUT2D eigenvalue weighted by Crippen LogP contribution is 2.14. The summed E-state index contributed by atoms with van der Waals surface area (Å²) < 4.78 is 0. The molecule has 60 valence electrons. The van der Waals surface area contributed by atoms with E-state index in [-0.39, 0.29) is 0 Å². The van der Waals surface area contributed by atoms with Crippen molar-refractivity contribution in [3.63, 3.8) is 0 Å². The number of nitrogens with zero attached hydrogens (tertiary/aromatic N) is 1. The molecule has 1 rings (SSSR count). The Labute approximate surface area is 68.5 Å². The number of hydrogen-bond acceptors (Lipinski definition) is 1. The molecule has 0 radical (unpaired) electrons. The maximum Gasteiger partial charge on any atom is 0.0518 e. The third-order valence-corrected chi connectivity index (χ3v) is 1.88. The summed E-state index contributed by atoms with van der Waals surface area (Å²) in [7, 11) is 0. The van der Waals surface area contributed by atoms with Crippen LogP contribution in [0.1, 0.15) is 33.1 Å². The fourth-order valence-corrected chi connectivity index (χ4v) is 1.21. The molecule has 0 N–H and O–H groups in total. The summed E-state index contributed by atoms with van der Waals surface area (Å²) in [5, 5.41) is 0. The first-order valence-corrected chi connectivity index (χ1v) is 4.30. The standard InChI is InChI=1S/C10H15N/c1-3-5-10-8-11-7-4-6-9(10)2/h6H,3-5,7H2,1-2H3. The van der Waals surface area contributed by atoms with Crippen LogP contribution in [0.5, 0.6) is 0 Å². The second kappa shape index (κ2) is 4.15. The van der Waals surface area contributed by atoms with E-state index >= 15 is 0 Å². The van der Waals surface area contributed by atoms with Crippen molar-refractivity contribution in [2.75, 3.05) is 6.54 Å². The summed E-state index contributed by atoms with van der Waals surface area (Å²) >= 11 is 0. The normalized spacial score (nSPS) is 17.3. The van der Waals surface area contributed by atoms with Crippen LogP contribution in [-0.4, -0.2) is 12.4 Å². The Morgan fingerprint density at radius 3 is 3.18 bits per heavy atom. The molecule has 0 aromatic carbocycles. The van der Waals surface area contributed by atoms with E-state index in [9.17, 15) is 0 Å². The molecule has 0 unspecified atom stereocenters. The van der Waals surface area contributed by atoms with E-state index < -0.39 is 0 Å². The van der Waals surface area contributed by atoms with Crippen LogP contribution in [0.2, 0.25) is 0 Å². The van der Waals surface area contributed by atoms with Crippen LogP contribution in [-0.2, 0) is 0 Å². The van der Waals surface area contributed by atoms with Gasteiger partial charge in [-0.15, -0.1) is 0 Å². The van der Waals surface area contributed by atoms with E-state index in [1.165, 1.54) is 17.6 Å². The molecular weight excluding hydrogens is 134 g/mol. The number of allylic oxidation sites excluding steroid dienone is 2. The molecule has 0 amide bonds. The third kappa shape index (κ3) is 2.36. The molecule has 0 spiro atoms. The fourth-order valence-electron chi connectivity index (χ4n) is 1.21. The molecule has 1 aliphatic rings. The van der Waals surface area contributed by atoms with Crippen LogP contribution in [0.3, 0.4) is 0 Å². The lowest BCUT2D eigenvalue weighted by Gasteiger charge is -1.99. The Bertz CT molecular complexity index is 217. The van der Waals surface area contributed by atoms with Crippen molar-refractivity contribution in [3.05, 3.63) is 17.2 Å². The molecule has 0 atom stereocenters. The molecule has 0 aromatic heterocycles. The van der Waals surface area contributed by atoms with Gasteiger partial charge in [0.25, 0.3) is 0 Å². The smallest absolute Gasteiger partial charge is 0.0518 e. The van der Waals surface area contributed by atoms with Gasteiger partial charge in [-0.1, -0.05) is 19.4 Å². The average Bonchev–Trinajstić information content (AvgIpc) is 2.18. The molecule has 0 saturated heterocycles. The molecule has 11 heavy (non-hydrogen) atoms. The highest BCUT2D eigenvalue weighted by Gasteiger charge is 1.99. The minimum absolute atomic E-state index is 0.907. The molecule has 0 aromatic rings. The summed E-state index contributed by atoms with van der Waals surface area (Å²) in [5.41, 5.74) is 2.66. The first-order valence-electron chi connectivity index (χ1n) is 4.30. The number of rotatable bonds is 2. The highest BCUT2D eigenvalue weighted by molar-refractivity contribution is 5.65. The predicted molar refractivity (Wildman–Crippen MR) is 49.1 cm³/mol. The van der Waals surface area contributed by atoms with Crippen LogP contribution < -0.4 is 0 Å². The Hall–Kier alpha value is -0.810. The monoisotopic (exact) mass is 149 g/mol. The van der Waals surface area contributed by atoms with Gasteiger partial charge in [0.15, 0.2) is 0 Å². The Morgan fingerprint density at radius 2 is 2.45 bits per heavy atom. The molecule has 1 nitrogen and oxygen atoms in total. The van der Waals surface area contributed by atoms with Crippen LogP contribution in [0.4, 0.5) is 0 Å². The topological polar surface area (TPSA) is 12.4 Å². The van der Waals surface area contributed by atoms with Gasteiger partial charge in [0.2, 0.25) is 0 Å². The molecule has 0 aliphatic carbocycles. The zero-order valence-corrected chi connectivity index (χ0v) is 7.35. The van der Waals surface area contributed by atoms with Crippen molar-refractivity contribution in [3.8, 4) is 0 Å². The zero-order valence-electron chi connectivity index (χ0n) is 7.35. The SMILES string of the molecule is CCCC1=C=NCCC=C1C. The summed E-state index contributed by atoms with van der Waals surface area (Å²) in [5.74, 6) is 3.11. The molecule has 1 heterocycles. The summed E-state index contributed by atoms with van der Waals surface area (Å²) in [6, 6.07) is 0. The third-order valence-electron chi connectivity index (χ3n) is 1.88. The van der Waals surface area contributed by atoms with Gasteiger partial charge in [0, 0.05) is 5.57 Å². The fraction of sp³-hybridized carbons (Fsp3) is 0.600. The van der Waals surface area contributed by atoms with Gasteiger partial charge in [-0.2, -0.15) is 0 Å². The maximum absolute atomic E-state index is 4.18.